The van der Waals surface area contributed by atoms with Crippen molar-refractivity contribution in [2.45, 2.75) is 45.6 Å². The summed E-state index contributed by atoms with van der Waals surface area (Å²) in [7, 11) is 1.60. The van der Waals surface area contributed by atoms with Crippen LogP contribution < -0.4 is 20.1 Å². The van der Waals surface area contributed by atoms with Gasteiger partial charge < -0.3 is 25.0 Å². The first kappa shape index (κ1) is 23.4. The van der Waals surface area contributed by atoms with Gasteiger partial charge in [0.15, 0.2) is 17.5 Å². The highest BCUT2D eigenvalue weighted by molar-refractivity contribution is 5.79. The van der Waals surface area contributed by atoms with Crippen LogP contribution in [0.1, 0.15) is 44.6 Å². The van der Waals surface area contributed by atoms with Crippen LogP contribution >= 0.6 is 0 Å². The third-order valence-corrected chi connectivity index (χ3v) is 4.87. The van der Waals surface area contributed by atoms with Gasteiger partial charge in [0.25, 0.3) is 0 Å². The van der Waals surface area contributed by atoms with E-state index in [1.54, 1.807) is 7.11 Å². The number of nitrogens with zero attached hydrogens (tertiary/aromatic N) is 2. The molecule has 1 amide bonds. The van der Waals surface area contributed by atoms with E-state index in [0.717, 1.165) is 63.4 Å². The monoisotopic (exact) mass is 414 g/mol. The summed E-state index contributed by atoms with van der Waals surface area (Å²) >= 11 is 0. The number of likely N-dealkylation sites (tertiary alicyclic amines) is 1. The fourth-order valence-corrected chi connectivity index (χ4v) is 3.32. The Balaban J connectivity index is 1.87. The van der Waals surface area contributed by atoms with Crippen molar-refractivity contribution in [2.75, 3.05) is 39.9 Å². The quantitative estimate of drug-likeness (QED) is 0.266. The van der Waals surface area contributed by atoms with E-state index < -0.39 is 0 Å². The average molecular weight is 415 g/mol. The Labute approximate surface area is 180 Å². The van der Waals surface area contributed by atoms with E-state index in [1.807, 2.05) is 30.0 Å². The molecule has 30 heavy (non-hydrogen) atoms. The van der Waals surface area contributed by atoms with E-state index in [1.165, 1.54) is 0 Å². The Morgan fingerprint density at radius 3 is 2.90 bits per heavy atom. The zero-order chi connectivity index (χ0) is 21.6. The van der Waals surface area contributed by atoms with E-state index in [-0.39, 0.29) is 12.5 Å². The Morgan fingerprint density at radius 2 is 2.13 bits per heavy atom. The van der Waals surface area contributed by atoms with E-state index in [4.69, 9.17) is 15.9 Å². The molecule has 0 unspecified atom stereocenters. The molecule has 0 bridgehead atoms. The summed E-state index contributed by atoms with van der Waals surface area (Å²) in [5, 5.41) is 6.61. The molecule has 1 aliphatic heterocycles. The smallest absolute Gasteiger partial charge is 0.222 e. The second-order valence-corrected chi connectivity index (χ2v) is 7.14. The van der Waals surface area contributed by atoms with Gasteiger partial charge >= 0.3 is 0 Å². The normalized spacial score (nSPS) is 14.6. The second kappa shape index (κ2) is 13.4. The van der Waals surface area contributed by atoms with Crippen molar-refractivity contribution in [1.82, 2.24) is 15.5 Å². The van der Waals surface area contributed by atoms with Crippen LogP contribution in [0.25, 0.3) is 0 Å². The van der Waals surface area contributed by atoms with Crippen LogP contribution in [0.15, 0.2) is 23.2 Å². The highest BCUT2D eigenvalue weighted by Crippen LogP contribution is 2.28. The fourth-order valence-electron chi connectivity index (χ4n) is 3.32. The van der Waals surface area contributed by atoms with Gasteiger partial charge in [-0.1, -0.05) is 18.4 Å². The third kappa shape index (κ3) is 7.86. The molecular formula is C23H34N4O3. The van der Waals surface area contributed by atoms with E-state index >= 15 is 0 Å². The van der Waals surface area contributed by atoms with Gasteiger partial charge in [0.2, 0.25) is 5.91 Å². The number of terminal acetylenes is 1. The van der Waals surface area contributed by atoms with Crippen molar-refractivity contribution in [3.05, 3.63) is 23.8 Å². The van der Waals surface area contributed by atoms with Crippen molar-refractivity contribution in [2.24, 2.45) is 4.99 Å². The number of rotatable bonds is 10. The molecule has 7 heteroatoms. The van der Waals surface area contributed by atoms with Crippen LogP contribution in [-0.2, 0) is 11.3 Å². The lowest BCUT2D eigenvalue weighted by atomic mass is 10.2. The lowest BCUT2D eigenvalue weighted by Crippen LogP contribution is -2.39. The molecule has 1 aromatic rings. The summed E-state index contributed by atoms with van der Waals surface area (Å²) < 4.78 is 10.9. The van der Waals surface area contributed by atoms with Crippen molar-refractivity contribution >= 4 is 11.9 Å². The lowest BCUT2D eigenvalue weighted by molar-refractivity contribution is -0.130. The molecule has 7 nitrogen and oxygen atoms in total. The molecule has 2 N–H and O–H groups in total. The number of hydrogen-bond donors (Lipinski definition) is 2. The van der Waals surface area contributed by atoms with Crippen LogP contribution in [0.3, 0.4) is 0 Å². The molecule has 0 aliphatic carbocycles. The molecule has 1 aliphatic rings. The van der Waals surface area contributed by atoms with Crippen molar-refractivity contribution in [3.8, 4) is 23.8 Å². The number of methoxy groups -OCH3 is 1. The van der Waals surface area contributed by atoms with Gasteiger partial charge in [-0.2, -0.15) is 0 Å². The number of ether oxygens (including phenoxy) is 2. The molecule has 0 aromatic heterocycles. The van der Waals surface area contributed by atoms with Gasteiger partial charge in [-0.05, 0) is 43.9 Å². The molecule has 1 saturated heterocycles. The SMILES string of the molecule is C#CCOc1cc(CN=C(NCC)NCCCN2CCCCCC2=O)ccc1OC. The topological polar surface area (TPSA) is 75.2 Å². The number of amides is 1. The third-order valence-electron chi connectivity index (χ3n) is 4.87. The molecule has 1 heterocycles. The Morgan fingerprint density at radius 1 is 1.27 bits per heavy atom. The molecule has 164 valence electrons. The van der Waals surface area contributed by atoms with Crippen molar-refractivity contribution in [1.29, 1.82) is 0 Å². The van der Waals surface area contributed by atoms with Gasteiger partial charge in [0, 0.05) is 32.6 Å². The van der Waals surface area contributed by atoms with Crippen molar-refractivity contribution in [3.63, 3.8) is 0 Å². The minimum absolute atomic E-state index is 0.187. The molecule has 2 rings (SSSR count). The first-order valence-electron chi connectivity index (χ1n) is 10.7. The number of benzene rings is 1. The van der Waals surface area contributed by atoms with E-state index in [2.05, 4.69) is 21.5 Å². The largest absolute Gasteiger partial charge is 0.493 e. The first-order valence-corrected chi connectivity index (χ1v) is 10.7. The van der Waals surface area contributed by atoms with Crippen LogP contribution in [0.5, 0.6) is 11.5 Å². The Hall–Kier alpha value is -2.88. The summed E-state index contributed by atoms with van der Waals surface area (Å²) in [6.07, 6.45) is 10.1. The summed E-state index contributed by atoms with van der Waals surface area (Å²) in [6, 6.07) is 5.71. The van der Waals surface area contributed by atoms with E-state index in [0.29, 0.717) is 24.5 Å². The first-order chi connectivity index (χ1) is 14.7. The fraction of sp³-hybridized carbons (Fsp3) is 0.565. The summed E-state index contributed by atoms with van der Waals surface area (Å²) in [4.78, 5) is 18.7. The standard InChI is InChI=1S/C23H34N4O3/c1-4-16-30-21-17-19(11-12-20(21)29-3)18-26-23(24-5-2)25-13-9-15-27-14-8-6-7-10-22(27)28/h1,11-12,17H,5-10,13-16,18H2,2-3H3,(H2,24,25,26). The molecule has 1 fully saturated rings. The maximum Gasteiger partial charge on any atom is 0.222 e. The Bertz CT molecular complexity index is 742. The zero-order valence-electron chi connectivity index (χ0n) is 18.2. The van der Waals surface area contributed by atoms with Crippen molar-refractivity contribution < 1.29 is 14.3 Å². The number of guanidine groups is 1. The second-order valence-electron chi connectivity index (χ2n) is 7.14. The van der Waals surface area contributed by atoms with Gasteiger partial charge in [-0.25, -0.2) is 4.99 Å². The number of carbonyl (C=O) groups excluding carboxylic acids is 1. The molecule has 0 saturated carbocycles. The summed E-state index contributed by atoms with van der Waals surface area (Å²) in [6.45, 7) is 5.92. The zero-order valence-corrected chi connectivity index (χ0v) is 18.2. The van der Waals surface area contributed by atoms with Gasteiger partial charge in [0.05, 0.1) is 13.7 Å². The number of aliphatic imine (C=N–C) groups is 1. The van der Waals surface area contributed by atoms with Crippen LogP contribution in [0, 0.1) is 12.3 Å². The highest BCUT2D eigenvalue weighted by Gasteiger charge is 2.15. The predicted octanol–water partition coefficient (Wildman–Crippen LogP) is 2.56. The molecule has 0 spiro atoms. The minimum atomic E-state index is 0.187. The van der Waals surface area contributed by atoms with E-state index in [9.17, 15) is 4.79 Å². The Kier molecular flexibility index (Phi) is 10.4. The molecule has 0 atom stereocenters. The van der Waals surface area contributed by atoms with Gasteiger partial charge in [-0.3, -0.25) is 4.79 Å². The van der Waals surface area contributed by atoms with Gasteiger partial charge in [0.1, 0.15) is 6.61 Å². The number of hydrogen-bond acceptors (Lipinski definition) is 4. The maximum absolute atomic E-state index is 12.1. The van der Waals surface area contributed by atoms with Gasteiger partial charge in [-0.15, -0.1) is 6.42 Å². The molecule has 1 aromatic carbocycles. The summed E-state index contributed by atoms with van der Waals surface area (Å²) in [5.74, 6) is 4.76. The minimum Gasteiger partial charge on any atom is -0.493 e. The predicted molar refractivity (Wildman–Crippen MR) is 120 cm³/mol. The van der Waals surface area contributed by atoms with Crippen LogP contribution in [0.2, 0.25) is 0 Å². The highest BCUT2D eigenvalue weighted by atomic mass is 16.5. The number of carbonyl (C=O) groups is 1. The lowest BCUT2D eigenvalue weighted by Gasteiger charge is -2.20. The molecular weight excluding hydrogens is 380 g/mol. The average Bonchev–Trinajstić information content (AvgIpc) is 2.97. The van der Waals surface area contributed by atoms with Crippen LogP contribution in [0.4, 0.5) is 0 Å². The van der Waals surface area contributed by atoms with Crippen LogP contribution in [-0.4, -0.2) is 56.7 Å². The molecule has 0 radical (unpaired) electrons. The summed E-state index contributed by atoms with van der Waals surface area (Å²) in [5.41, 5.74) is 0.996. The number of nitrogens with one attached hydrogen (secondary N) is 2. The maximum atomic E-state index is 12.1.